The number of pyridine rings is 1. The SMILES string of the molecule is C/C=C\c1ccc(-c2nnc(C)cc2-c2ccncc2)cc1C. The molecule has 3 rings (SSSR count). The monoisotopic (exact) mass is 301 g/mol. The molecule has 0 bridgehead atoms. The topological polar surface area (TPSA) is 38.7 Å². The Morgan fingerprint density at radius 2 is 1.65 bits per heavy atom. The molecule has 0 unspecified atom stereocenters. The minimum absolute atomic E-state index is 0.900. The fraction of sp³-hybridized carbons (Fsp3) is 0.150. The molecule has 0 aliphatic heterocycles. The Bertz CT molecular complexity index is 852. The van der Waals surface area contributed by atoms with E-state index < -0.39 is 0 Å². The minimum Gasteiger partial charge on any atom is -0.265 e. The summed E-state index contributed by atoms with van der Waals surface area (Å²) in [4.78, 5) is 4.10. The van der Waals surface area contributed by atoms with Gasteiger partial charge in [-0.15, -0.1) is 5.10 Å². The van der Waals surface area contributed by atoms with E-state index in [0.717, 1.165) is 28.1 Å². The van der Waals surface area contributed by atoms with Crippen LogP contribution in [0.3, 0.4) is 0 Å². The molecule has 0 saturated carbocycles. The second kappa shape index (κ2) is 6.53. The number of aryl methyl sites for hydroxylation is 2. The first-order valence-corrected chi connectivity index (χ1v) is 7.67. The molecular weight excluding hydrogens is 282 g/mol. The Morgan fingerprint density at radius 1 is 0.870 bits per heavy atom. The van der Waals surface area contributed by atoms with Crippen molar-refractivity contribution in [1.82, 2.24) is 15.2 Å². The Morgan fingerprint density at radius 3 is 2.35 bits per heavy atom. The van der Waals surface area contributed by atoms with Gasteiger partial charge in [0.15, 0.2) is 0 Å². The Balaban J connectivity index is 2.15. The Kier molecular flexibility index (Phi) is 4.29. The lowest BCUT2D eigenvalue weighted by atomic mass is 9.97. The lowest BCUT2D eigenvalue weighted by molar-refractivity contribution is 0.988. The number of rotatable bonds is 3. The second-order valence-corrected chi connectivity index (χ2v) is 5.56. The molecule has 0 spiro atoms. The van der Waals surface area contributed by atoms with Crippen LogP contribution in [-0.2, 0) is 0 Å². The molecule has 1 aromatic carbocycles. The van der Waals surface area contributed by atoms with E-state index >= 15 is 0 Å². The van der Waals surface area contributed by atoms with E-state index in [4.69, 9.17) is 0 Å². The maximum Gasteiger partial charge on any atom is 0.101 e. The van der Waals surface area contributed by atoms with E-state index in [-0.39, 0.29) is 0 Å². The maximum atomic E-state index is 4.45. The summed E-state index contributed by atoms with van der Waals surface area (Å²) in [5.74, 6) is 0. The number of aromatic nitrogens is 3. The highest BCUT2D eigenvalue weighted by Gasteiger charge is 2.11. The van der Waals surface area contributed by atoms with Gasteiger partial charge in [0, 0.05) is 23.5 Å². The van der Waals surface area contributed by atoms with Gasteiger partial charge in [-0.3, -0.25) is 4.98 Å². The predicted molar refractivity (Wildman–Crippen MR) is 94.9 cm³/mol. The van der Waals surface area contributed by atoms with Gasteiger partial charge in [-0.25, -0.2) is 0 Å². The van der Waals surface area contributed by atoms with E-state index in [1.54, 1.807) is 12.4 Å². The van der Waals surface area contributed by atoms with Crippen molar-refractivity contribution in [2.75, 3.05) is 0 Å². The van der Waals surface area contributed by atoms with Crippen LogP contribution in [0.15, 0.2) is 54.9 Å². The van der Waals surface area contributed by atoms with E-state index in [1.165, 1.54) is 11.1 Å². The molecular formula is C20H19N3. The molecule has 0 radical (unpaired) electrons. The molecule has 0 saturated heterocycles. The lowest BCUT2D eigenvalue weighted by Crippen LogP contribution is -1.96. The van der Waals surface area contributed by atoms with Crippen molar-refractivity contribution < 1.29 is 0 Å². The standard InChI is InChI=1S/C20H19N3/c1-4-5-16-6-7-18(12-14(16)2)20-19(13-15(3)22-23-20)17-8-10-21-11-9-17/h4-13H,1-3H3/b5-4-. The summed E-state index contributed by atoms with van der Waals surface area (Å²) in [5, 5.41) is 8.70. The molecule has 3 aromatic rings. The summed E-state index contributed by atoms with van der Waals surface area (Å²) >= 11 is 0. The van der Waals surface area contributed by atoms with Crippen molar-refractivity contribution in [3.8, 4) is 22.4 Å². The van der Waals surface area contributed by atoms with Gasteiger partial charge in [-0.2, -0.15) is 5.10 Å². The number of hydrogen-bond acceptors (Lipinski definition) is 3. The summed E-state index contributed by atoms with van der Waals surface area (Å²) in [6, 6.07) is 12.5. The normalized spacial score (nSPS) is 11.1. The molecule has 0 atom stereocenters. The van der Waals surface area contributed by atoms with Crippen LogP contribution >= 0.6 is 0 Å². The third-order valence-corrected chi connectivity index (χ3v) is 3.80. The third-order valence-electron chi connectivity index (χ3n) is 3.80. The van der Waals surface area contributed by atoms with E-state index in [0.29, 0.717) is 0 Å². The van der Waals surface area contributed by atoms with Crippen LogP contribution in [0.25, 0.3) is 28.5 Å². The van der Waals surface area contributed by atoms with Crippen molar-refractivity contribution in [3.63, 3.8) is 0 Å². The zero-order chi connectivity index (χ0) is 16.2. The van der Waals surface area contributed by atoms with Crippen LogP contribution in [0.4, 0.5) is 0 Å². The van der Waals surface area contributed by atoms with Gasteiger partial charge in [0.2, 0.25) is 0 Å². The van der Waals surface area contributed by atoms with Crippen molar-refractivity contribution >= 4 is 6.08 Å². The van der Waals surface area contributed by atoms with E-state index in [1.807, 2.05) is 26.0 Å². The average molecular weight is 301 g/mol. The highest BCUT2D eigenvalue weighted by Crippen LogP contribution is 2.31. The summed E-state index contributed by atoms with van der Waals surface area (Å²) in [6.07, 6.45) is 7.77. The lowest BCUT2D eigenvalue weighted by Gasteiger charge is -2.11. The molecule has 0 amide bonds. The first-order chi connectivity index (χ1) is 11.2. The number of hydrogen-bond donors (Lipinski definition) is 0. The van der Waals surface area contributed by atoms with Gasteiger partial charge in [-0.05, 0) is 61.7 Å². The van der Waals surface area contributed by atoms with Crippen LogP contribution in [-0.4, -0.2) is 15.2 Å². The maximum absolute atomic E-state index is 4.45. The van der Waals surface area contributed by atoms with Crippen LogP contribution in [0.1, 0.15) is 23.7 Å². The highest BCUT2D eigenvalue weighted by atomic mass is 15.1. The van der Waals surface area contributed by atoms with Crippen molar-refractivity contribution in [3.05, 3.63) is 71.7 Å². The number of nitrogens with zero attached hydrogens (tertiary/aromatic N) is 3. The quantitative estimate of drug-likeness (QED) is 0.693. The smallest absolute Gasteiger partial charge is 0.101 e. The van der Waals surface area contributed by atoms with Crippen molar-refractivity contribution in [2.24, 2.45) is 0 Å². The molecule has 3 nitrogen and oxygen atoms in total. The fourth-order valence-electron chi connectivity index (χ4n) is 2.64. The van der Waals surface area contributed by atoms with Crippen molar-refractivity contribution in [2.45, 2.75) is 20.8 Å². The van der Waals surface area contributed by atoms with Crippen LogP contribution in [0.5, 0.6) is 0 Å². The van der Waals surface area contributed by atoms with Gasteiger partial charge >= 0.3 is 0 Å². The molecule has 0 N–H and O–H groups in total. The minimum atomic E-state index is 0.900. The van der Waals surface area contributed by atoms with E-state index in [2.05, 4.69) is 58.5 Å². The molecule has 0 aliphatic carbocycles. The van der Waals surface area contributed by atoms with Gasteiger partial charge in [0.25, 0.3) is 0 Å². The summed E-state index contributed by atoms with van der Waals surface area (Å²) in [5.41, 5.74) is 7.52. The number of allylic oxidation sites excluding steroid dienone is 1. The van der Waals surface area contributed by atoms with Crippen LogP contribution in [0.2, 0.25) is 0 Å². The number of benzene rings is 1. The molecule has 2 aromatic heterocycles. The molecule has 0 fully saturated rings. The Labute approximate surface area is 136 Å². The highest BCUT2D eigenvalue weighted by molar-refractivity contribution is 5.81. The largest absolute Gasteiger partial charge is 0.265 e. The second-order valence-electron chi connectivity index (χ2n) is 5.56. The third kappa shape index (κ3) is 3.19. The summed E-state index contributed by atoms with van der Waals surface area (Å²) < 4.78 is 0. The van der Waals surface area contributed by atoms with Gasteiger partial charge in [-0.1, -0.05) is 24.3 Å². The van der Waals surface area contributed by atoms with Gasteiger partial charge in [0.05, 0.1) is 5.69 Å². The molecule has 114 valence electrons. The molecule has 3 heteroatoms. The average Bonchev–Trinajstić information content (AvgIpc) is 2.58. The van der Waals surface area contributed by atoms with Crippen molar-refractivity contribution in [1.29, 1.82) is 0 Å². The zero-order valence-corrected chi connectivity index (χ0v) is 13.6. The van der Waals surface area contributed by atoms with Gasteiger partial charge < -0.3 is 0 Å². The van der Waals surface area contributed by atoms with Crippen LogP contribution < -0.4 is 0 Å². The first kappa shape index (κ1) is 15.1. The molecule has 23 heavy (non-hydrogen) atoms. The first-order valence-electron chi connectivity index (χ1n) is 7.67. The van der Waals surface area contributed by atoms with Crippen LogP contribution in [0, 0.1) is 13.8 Å². The summed E-state index contributed by atoms with van der Waals surface area (Å²) in [6.45, 7) is 6.11. The van der Waals surface area contributed by atoms with E-state index in [9.17, 15) is 0 Å². The predicted octanol–water partition coefficient (Wildman–Crippen LogP) is 4.86. The molecule has 0 aliphatic rings. The van der Waals surface area contributed by atoms with Gasteiger partial charge in [0.1, 0.15) is 5.69 Å². The summed E-state index contributed by atoms with van der Waals surface area (Å²) in [7, 11) is 0. The zero-order valence-electron chi connectivity index (χ0n) is 13.6. The Hall–Kier alpha value is -2.81. The fourth-order valence-corrected chi connectivity index (χ4v) is 2.64. The molecule has 2 heterocycles.